The Kier molecular flexibility index (Phi) is 2.23. The van der Waals surface area contributed by atoms with E-state index in [4.69, 9.17) is 0 Å². The molecule has 3 heteroatoms. The van der Waals surface area contributed by atoms with Gasteiger partial charge in [-0.05, 0) is 24.7 Å². The van der Waals surface area contributed by atoms with E-state index in [1.165, 1.54) is 6.08 Å². The van der Waals surface area contributed by atoms with E-state index >= 15 is 0 Å². The van der Waals surface area contributed by atoms with Crippen LogP contribution in [0.1, 0.15) is 33.1 Å². The molecule has 1 rings (SSSR count). The smallest absolute Gasteiger partial charge is 0.166 e. The maximum Gasteiger partial charge on any atom is 0.412 e. The molecular weight excluding hydrogens is 165 g/mol. The predicted octanol–water partition coefficient (Wildman–Crippen LogP) is 3.69. The lowest BCUT2D eigenvalue weighted by atomic mass is 9.75. The summed E-state index contributed by atoms with van der Waals surface area (Å²) in [5.41, 5.74) is -1.03. The molecule has 0 radical (unpaired) electrons. The van der Waals surface area contributed by atoms with Crippen molar-refractivity contribution in [2.24, 2.45) is 5.41 Å². The van der Waals surface area contributed by atoms with Crippen molar-refractivity contribution in [1.82, 2.24) is 0 Å². The van der Waals surface area contributed by atoms with Gasteiger partial charge in [0.05, 0.1) is 0 Å². The summed E-state index contributed by atoms with van der Waals surface area (Å²) >= 11 is 0. The maximum atomic E-state index is 12.4. The van der Waals surface area contributed by atoms with Crippen LogP contribution in [0, 0.1) is 5.41 Å². The molecule has 0 unspecified atom stereocenters. The van der Waals surface area contributed by atoms with Gasteiger partial charge in [-0.15, -0.1) is 0 Å². The normalized spacial score (nSPS) is 23.6. The molecule has 0 nitrogen and oxygen atoms in total. The van der Waals surface area contributed by atoms with Crippen molar-refractivity contribution in [2.75, 3.05) is 0 Å². The quantitative estimate of drug-likeness (QED) is 0.496. The fourth-order valence-corrected chi connectivity index (χ4v) is 1.70. The summed E-state index contributed by atoms with van der Waals surface area (Å²) in [6.07, 6.45) is -0.726. The van der Waals surface area contributed by atoms with Crippen LogP contribution in [0.15, 0.2) is 11.6 Å². The average Bonchev–Trinajstić information content (AvgIpc) is 1.83. The molecule has 0 spiro atoms. The highest BCUT2D eigenvalue weighted by Crippen LogP contribution is 2.45. The van der Waals surface area contributed by atoms with Crippen molar-refractivity contribution in [3.05, 3.63) is 11.6 Å². The van der Waals surface area contributed by atoms with E-state index in [2.05, 4.69) is 0 Å². The largest absolute Gasteiger partial charge is 0.412 e. The molecule has 0 fully saturated rings. The fraction of sp³-hybridized carbons (Fsp3) is 0.778. The molecule has 0 aliphatic heterocycles. The molecule has 70 valence electrons. The monoisotopic (exact) mass is 178 g/mol. The summed E-state index contributed by atoms with van der Waals surface area (Å²) in [4.78, 5) is 0. The van der Waals surface area contributed by atoms with Crippen LogP contribution in [0.5, 0.6) is 0 Å². The van der Waals surface area contributed by atoms with Gasteiger partial charge in [-0.2, -0.15) is 13.2 Å². The summed E-state index contributed by atoms with van der Waals surface area (Å²) in [6, 6.07) is 0. The number of alkyl halides is 3. The molecule has 0 amide bonds. The van der Waals surface area contributed by atoms with Gasteiger partial charge in [0.1, 0.15) is 0 Å². The Bertz CT molecular complexity index is 198. The van der Waals surface area contributed by atoms with Crippen LogP contribution in [0.3, 0.4) is 0 Å². The Morgan fingerprint density at radius 3 is 2.25 bits per heavy atom. The summed E-state index contributed by atoms with van der Waals surface area (Å²) in [5.74, 6) is 0. The van der Waals surface area contributed by atoms with Gasteiger partial charge >= 0.3 is 6.18 Å². The zero-order valence-electron chi connectivity index (χ0n) is 7.33. The van der Waals surface area contributed by atoms with Gasteiger partial charge in [0.25, 0.3) is 0 Å². The third-order valence-electron chi connectivity index (χ3n) is 2.39. The van der Waals surface area contributed by atoms with Gasteiger partial charge in [0.2, 0.25) is 0 Å². The molecular formula is C9H13F3. The minimum absolute atomic E-state index is 0.346. The van der Waals surface area contributed by atoms with E-state index in [0.717, 1.165) is 6.42 Å². The zero-order chi connectivity index (χ0) is 9.41. The van der Waals surface area contributed by atoms with Crippen molar-refractivity contribution in [3.8, 4) is 0 Å². The Morgan fingerprint density at radius 2 is 1.92 bits per heavy atom. The van der Waals surface area contributed by atoms with Crippen LogP contribution in [-0.4, -0.2) is 6.18 Å². The van der Waals surface area contributed by atoms with Gasteiger partial charge in [-0.1, -0.05) is 19.9 Å². The zero-order valence-corrected chi connectivity index (χ0v) is 7.33. The Hall–Kier alpha value is -0.470. The van der Waals surface area contributed by atoms with Crippen LogP contribution in [0.2, 0.25) is 0 Å². The van der Waals surface area contributed by atoms with Crippen molar-refractivity contribution < 1.29 is 13.2 Å². The minimum atomic E-state index is -4.14. The van der Waals surface area contributed by atoms with Crippen molar-refractivity contribution >= 4 is 0 Å². The van der Waals surface area contributed by atoms with Crippen LogP contribution < -0.4 is 0 Å². The summed E-state index contributed by atoms with van der Waals surface area (Å²) in [5, 5.41) is 0. The topological polar surface area (TPSA) is 0 Å². The van der Waals surface area contributed by atoms with E-state index in [-0.39, 0.29) is 5.57 Å². The first kappa shape index (κ1) is 9.62. The second kappa shape index (κ2) is 2.79. The number of hydrogen-bond acceptors (Lipinski definition) is 0. The van der Waals surface area contributed by atoms with Crippen LogP contribution in [0.4, 0.5) is 13.2 Å². The van der Waals surface area contributed by atoms with Crippen molar-refractivity contribution in [1.29, 1.82) is 0 Å². The third kappa shape index (κ3) is 1.82. The van der Waals surface area contributed by atoms with Crippen LogP contribution in [-0.2, 0) is 0 Å². The van der Waals surface area contributed by atoms with Crippen molar-refractivity contribution in [2.45, 2.75) is 39.3 Å². The molecule has 1 aliphatic carbocycles. The van der Waals surface area contributed by atoms with Gasteiger partial charge in [-0.3, -0.25) is 0 Å². The van der Waals surface area contributed by atoms with Crippen LogP contribution >= 0.6 is 0 Å². The maximum absolute atomic E-state index is 12.4. The molecule has 0 aromatic heterocycles. The second-order valence-corrected chi connectivity index (χ2v) is 3.89. The van der Waals surface area contributed by atoms with Gasteiger partial charge in [0, 0.05) is 5.57 Å². The van der Waals surface area contributed by atoms with Gasteiger partial charge < -0.3 is 0 Å². The molecule has 0 aromatic carbocycles. The van der Waals surface area contributed by atoms with Gasteiger partial charge in [-0.25, -0.2) is 0 Å². The Labute approximate surface area is 70.5 Å². The van der Waals surface area contributed by atoms with E-state index in [0.29, 0.717) is 12.8 Å². The Morgan fingerprint density at radius 1 is 1.33 bits per heavy atom. The highest BCUT2D eigenvalue weighted by Gasteiger charge is 2.43. The standard InChI is InChI=1S/C9H13F3/c1-8(2)6-4-3-5-7(8)9(10,11)12/h5H,3-4,6H2,1-2H3. The summed E-state index contributed by atoms with van der Waals surface area (Å²) < 4.78 is 37.1. The lowest BCUT2D eigenvalue weighted by Crippen LogP contribution is -2.28. The molecule has 1 aliphatic rings. The van der Waals surface area contributed by atoms with E-state index < -0.39 is 11.6 Å². The summed E-state index contributed by atoms with van der Waals surface area (Å²) in [7, 11) is 0. The molecule has 0 aromatic rings. The lowest BCUT2D eigenvalue weighted by molar-refractivity contribution is -0.107. The Balaban J connectivity index is 2.94. The SMILES string of the molecule is CC1(C)CCCC=C1C(F)(F)F. The number of halogens is 3. The average molecular weight is 178 g/mol. The number of rotatable bonds is 0. The highest BCUT2D eigenvalue weighted by atomic mass is 19.4. The van der Waals surface area contributed by atoms with E-state index in [9.17, 15) is 13.2 Å². The highest BCUT2D eigenvalue weighted by molar-refractivity contribution is 5.20. The molecule has 0 atom stereocenters. The first-order chi connectivity index (χ1) is 5.34. The summed E-state index contributed by atoms with van der Waals surface area (Å²) in [6.45, 7) is 3.32. The van der Waals surface area contributed by atoms with Crippen molar-refractivity contribution in [3.63, 3.8) is 0 Å². The molecule has 0 heterocycles. The minimum Gasteiger partial charge on any atom is -0.166 e. The molecule has 0 saturated heterocycles. The first-order valence-electron chi connectivity index (χ1n) is 4.12. The fourth-order valence-electron chi connectivity index (χ4n) is 1.70. The predicted molar refractivity (Wildman–Crippen MR) is 41.8 cm³/mol. The second-order valence-electron chi connectivity index (χ2n) is 3.89. The molecule has 0 N–H and O–H groups in total. The number of allylic oxidation sites excluding steroid dienone is 2. The molecule has 0 bridgehead atoms. The molecule has 12 heavy (non-hydrogen) atoms. The first-order valence-corrected chi connectivity index (χ1v) is 4.12. The van der Waals surface area contributed by atoms with Gasteiger partial charge in [0.15, 0.2) is 0 Å². The lowest BCUT2D eigenvalue weighted by Gasteiger charge is -2.32. The third-order valence-corrected chi connectivity index (χ3v) is 2.39. The van der Waals surface area contributed by atoms with Crippen LogP contribution in [0.25, 0.3) is 0 Å². The number of hydrogen-bond donors (Lipinski definition) is 0. The van der Waals surface area contributed by atoms with E-state index in [1.807, 2.05) is 0 Å². The molecule has 0 saturated carbocycles. The van der Waals surface area contributed by atoms with E-state index in [1.54, 1.807) is 13.8 Å².